The smallest absolute Gasteiger partial charge is 0.326 e. The fourth-order valence-corrected chi connectivity index (χ4v) is 4.13. The van der Waals surface area contributed by atoms with Gasteiger partial charge in [0.05, 0.1) is 12.7 Å². The summed E-state index contributed by atoms with van der Waals surface area (Å²) in [6, 6.07) is -0.666. The van der Waals surface area contributed by atoms with Crippen LogP contribution in [0.15, 0.2) is 25.0 Å². The molecular formula is C18H26N4O3. The van der Waals surface area contributed by atoms with Crippen molar-refractivity contribution < 1.29 is 14.7 Å². The summed E-state index contributed by atoms with van der Waals surface area (Å²) in [5.74, 6) is -1.02. The Kier molecular flexibility index (Phi) is 4.94. The summed E-state index contributed by atoms with van der Waals surface area (Å²) in [7, 11) is 0. The molecule has 0 aromatic carbocycles. The van der Waals surface area contributed by atoms with E-state index in [1.54, 1.807) is 0 Å². The van der Waals surface area contributed by atoms with Crippen molar-refractivity contribution in [2.45, 2.75) is 45.3 Å². The highest BCUT2D eigenvalue weighted by atomic mass is 16.4. The fourth-order valence-electron chi connectivity index (χ4n) is 4.13. The van der Waals surface area contributed by atoms with Crippen molar-refractivity contribution in [3.05, 3.63) is 30.6 Å². The maximum Gasteiger partial charge on any atom is 0.326 e. The van der Waals surface area contributed by atoms with Crippen LogP contribution in [0.3, 0.4) is 0 Å². The molecule has 1 aromatic heterocycles. The van der Waals surface area contributed by atoms with Gasteiger partial charge in [-0.15, -0.1) is 6.58 Å². The Morgan fingerprint density at radius 3 is 2.72 bits per heavy atom. The summed E-state index contributed by atoms with van der Waals surface area (Å²) in [6.45, 7) is 9.16. The Morgan fingerprint density at radius 2 is 2.16 bits per heavy atom. The zero-order chi connectivity index (χ0) is 18.0. The van der Waals surface area contributed by atoms with Crippen LogP contribution in [0.1, 0.15) is 31.7 Å². The standard InChI is InChI=1S/C18H26N4O3/c1-3-6-21-12-15(10-19-21)11-20-7-4-18(5-8-20)9-16(17(24)25)22(13-18)14(2)23/h3,10,12,16H,1,4-9,11,13H2,2H3,(H,24,25)/t16-/m1/s1. The van der Waals surface area contributed by atoms with Gasteiger partial charge in [-0.3, -0.25) is 14.4 Å². The number of allylic oxidation sites excluding steroid dienone is 1. The summed E-state index contributed by atoms with van der Waals surface area (Å²) in [4.78, 5) is 27.2. The maximum absolute atomic E-state index is 11.8. The van der Waals surface area contributed by atoms with Crippen molar-refractivity contribution in [2.24, 2.45) is 5.41 Å². The van der Waals surface area contributed by atoms with E-state index in [9.17, 15) is 14.7 Å². The first-order chi connectivity index (χ1) is 11.9. The number of carboxylic acid groups (broad SMARTS) is 1. The molecule has 3 heterocycles. The number of carbonyl (C=O) groups is 2. The highest BCUT2D eigenvalue weighted by molar-refractivity contribution is 5.83. The summed E-state index contributed by atoms with van der Waals surface area (Å²) in [5, 5.41) is 13.7. The fraction of sp³-hybridized carbons (Fsp3) is 0.611. The van der Waals surface area contributed by atoms with Gasteiger partial charge in [-0.1, -0.05) is 6.08 Å². The Labute approximate surface area is 147 Å². The average Bonchev–Trinajstić information content (AvgIpc) is 3.16. The first-order valence-corrected chi connectivity index (χ1v) is 8.77. The highest BCUT2D eigenvalue weighted by Gasteiger charge is 2.48. The van der Waals surface area contributed by atoms with Gasteiger partial charge in [-0.2, -0.15) is 5.10 Å². The van der Waals surface area contributed by atoms with E-state index < -0.39 is 12.0 Å². The van der Waals surface area contributed by atoms with Crippen LogP contribution in [0.2, 0.25) is 0 Å². The predicted octanol–water partition coefficient (Wildman–Crippen LogP) is 1.36. The molecule has 0 radical (unpaired) electrons. The van der Waals surface area contributed by atoms with E-state index in [0.29, 0.717) is 19.5 Å². The lowest BCUT2D eigenvalue weighted by molar-refractivity contribution is -0.147. The largest absolute Gasteiger partial charge is 0.480 e. The van der Waals surface area contributed by atoms with Gasteiger partial charge in [0, 0.05) is 31.8 Å². The number of hydrogen-bond acceptors (Lipinski definition) is 4. The summed E-state index contributed by atoms with van der Waals surface area (Å²) in [5.41, 5.74) is 1.14. The van der Waals surface area contributed by atoms with Gasteiger partial charge in [-0.25, -0.2) is 4.79 Å². The first kappa shape index (κ1) is 17.7. The Morgan fingerprint density at radius 1 is 1.44 bits per heavy atom. The van der Waals surface area contributed by atoms with Gasteiger partial charge < -0.3 is 10.0 Å². The molecule has 25 heavy (non-hydrogen) atoms. The van der Waals surface area contributed by atoms with Crippen LogP contribution in [0.4, 0.5) is 0 Å². The van der Waals surface area contributed by atoms with Gasteiger partial charge in [0.2, 0.25) is 5.91 Å². The van der Waals surface area contributed by atoms with Crippen molar-refractivity contribution in [1.82, 2.24) is 19.6 Å². The van der Waals surface area contributed by atoms with Crippen LogP contribution in [-0.4, -0.2) is 62.2 Å². The third-order valence-electron chi connectivity index (χ3n) is 5.52. The van der Waals surface area contributed by atoms with E-state index >= 15 is 0 Å². The van der Waals surface area contributed by atoms with Gasteiger partial charge in [0.1, 0.15) is 6.04 Å². The van der Waals surface area contributed by atoms with Crippen LogP contribution in [0, 0.1) is 5.41 Å². The highest BCUT2D eigenvalue weighted by Crippen LogP contribution is 2.43. The third kappa shape index (κ3) is 3.76. The Balaban J connectivity index is 1.58. The topological polar surface area (TPSA) is 78.7 Å². The predicted molar refractivity (Wildman–Crippen MR) is 92.8 cm³/mol. The second-order valence-corrected chi connectivity index (χ2v) is 7.34. The molecule has 2 aliphatic rings. The van der Waals surface area contributed by atoms with Gasteiger partial charge in [0.25, 0.3) is 0 Å². The number of aliphatic carboxylic acids is 1. The molecule has 1 amide bonds. The minimum absolute atomic E-state index is 0.0434. The van der Waals surface area contributed by atoms with E-state index in [4.69, 9.17) is 0 Å². The molecule has 1 aromatic rings. The molecule has 0 saturated carbocycles. The van der Waals surface area contributed by atoms with Crippen molar-refractivity contribution in [2.75, 3.05) is 19.6 Å². The molecule has 2 fully saturated rings. The molecule has 136 valence electrons. The van der Waals surface area contributed by atoms with Gasteiger partial charge >= 0.3 is 5.97 Å². The van der Waals surface area contributed by atoms with Crippen molar-refractivity contribution in [1.29, 1.82) is 0 Å². The Bertz CT molecular complexity index is 637. The van der Waals surface area contributed by atoms with Crippen LogP contribution in [-0.2, 0) is 22.7 Å². The lowest BCUT2D eigenvalue weighted by Crippen LogP contribution is -2.42. The summed E-state index contributed by atoms with van der Waals surface area (Å²) >= 11 is 0. The van der Waals surface area contributed by atoms with E-state index in [1.807, 2.05) is 23.2 Å². The quantitative estimate of drug-likeness (QED) is 0.815. The molecular weight excluding hydrogens is 320 g/mol. The zero-order valence-corrected chi connectivity index (χ0v) is 14.7. The number of likely N-dealkylation sites (tertiary alicyclic amines) is 2. The first-order valence-electron chi connectivity index (χ1n) is 8.77. The third-order valence-corrected chi connectivity index (χ3v) is 5.52. The van der Waals surface area contributed by atoms with Crippen molar-refractivity contribution in [3.63, 3.8) is 0 Å². The number of piperidine rings is 1. The Hall–Kier alpha value is -2.15. The number of aromatic nitrogens is 2. The minimum atomic E-state index is -0.885. The lowest BCUT2D eigenvalue weighted by atomic mass is 9.76. The second kappa shape index (κ2) is 7.00. The number of hydrogen-bond donors (Lipinski definition) is 1. The van der Waals surface area contributed by atoms with Crippen molar-refractivity contribution >= 4 is 11.9 Å². The molecule has 0 aliphatic carbocycles. The molecule has 7 heteroatoms. The molecule has 2 saturated heterocycles. The second-order valence-electron chi connectivity index (χ2n) is 7.34. The van der Waals surface area contributed by atoms with Gasteiger partial charge in [0.15, 0.2) is 0 Å². The SMILES string of the molecule is C=CCn1cc(CN2CCC3(CC2)C[C@H](C(=O)O)N(C(C)=O)C3)cn1. The monoisotopic (exact) mass is 346 g/mol. The number of nitrogens with zero attached hydrogens (tertiary/aromatic N) is 4. The van der Waals surface area contributed by atoms with Crippen LogP contribution >= 0.6 is 0 Å². The van der Waals surface area contributed by atoms with Crippen molar-refractivity contribution in [3.8, 4) is 0 Å². The molecule has 0 unspecified atom stereocenters. The van der Waals surface area contributed by atoms with Crippen LogP contribution < -0.4 is 0 Å². The number of rotatable bonds is 5. The van der Waals surface area contributed by atoms with E-state index in [2.05, 4.69) is 16.6 Å². The zero-order valence-electron chi connectivity index (χ0n) is 14.7. The summed E-state index contributed by atoms with van der Waals surface area (Å²) < 4.78 is 1.87. The van der Waals surface area contributed by atoms with E-state index in [1.165, 1.54) is 17.4 Å². The molecule has 1 spiro atoms. The molecule has 0 bridgehead atoms. The molecule has 7 nitrogen and oxygen atoms in total. The van der Waals surface area contributed by atoms with Crippen LogP contribution in [0.5, 0.6) is 0 Å². The van der Waals surface area contributed by atoms with Crippen LogP contribution in [0.25, 0.3) is 0 Å². The number of amides is 1. The summed E-state index contributed by atoms with van der Waals surface area (Å²) in [6.07, 6.45) is 8.19. The van der Waals surface area contributed by atoms with E-state index in [0.717, 1.165) is 32.5 Å². The van der Waals surface area contributed by atoms with E-state index in [-0.39, 0.29) is 11.3 Å². The molecule has 3 rings (SSSR count). The average molecular weight is 346 g/mol. The number of carboxylic acids is 1. The minimum Gasteiger partial charge on any atom is -0.480 e. The maximum atomic E-state index is 11.8. The van der Waals surface area contributed by atoms with Gasteiger partial charge in [-0.05, 0) is 37.8 Å². The number of carbonyl (C=O) groups excluding carboxylic acids is 1. The lowest BCUT2D eigenvalue weighted by Gasteiger charge is -2.39. The molecule has 1 atom stereocenters. The normalized spacial score (nSPS) is 23.1. The molecule has 1 N–H and O–H groups in total. The molecule has 2 aliphatic heterocycles.